The van der Waals surface area contributed by atoms with Crippen LogP contribution in [-0.4, -0.2) is 34.0 Å². The number of hydrogen-bond acceptors (Lipinski definition) is 4. The molecule has 0 aliphatic heterocycles. The topological polar surface area (TPSA) is 83.4 Å². The van der Waals surface area contributed by atoms with Gasteiger partial charge in [-0.15, -0.1) is 0 Å². The number of aliphatic hydroxyl groups excluding tert-OH is 2. The van der Waals surface area contributed by atoms with Crippen LogP contribution in [0.1, 0.15) is 0 Å². The number of anilines is 2. The minimum absolute atomic E-state index is 0.243. The van der Waals surface area contributed by atoms with Crippen LogP contribution in [0.4, 0.5) is 11.6 Å². The molecule has 0 aromatic carbocycles. The monoisotopic (exact) mass is 185 g/mol. The van der Waals surface area contributed by atoms with Crippen molar-refractivity contribution in [2.45, 2.75) is 6.10 Å². The van der Waals surface area contributed by atoms with Crippen molar-refractivity contribution in [3.63, 3.8) is 0 Å². The zero-order valence-corrected chi connectivity index (χ0v) is 7.57. The lowest BCUT2D eigenvalue weighted by Crippen LogP contribution is -2.23. The van der Waals surface area contributed by atoms with Crippen LogP contribution in [0.5, 0.6) is 0 Å². The zero-order valence-electron chi connectivity index (χ0n) is 7.57. The molecule has 13 heavy (non-hydrogen) atoms. The molecule has 0 aliphatic carbocycles. The van der Waals surface area contributed by atoms with E-state index in [4.69, 9.17) is 15.9 Å². The Kier molecular flexibility index (Phi) is 3.16. The molecule has 1 heterocycles. The molecule has 1 unspecified atom stereocenters. The van der Waals surface area contributed by atoms with Gasteiger partial charge in [-0.2, -0.15) is 0 Å². The summed E-state index contributed by atoms with van der Waals surface area (Å²) in [4.78, 5) is 0. The summed E-state index contributed by atoms with van der Waals surface area (Å²) in [5.74, 6) is 1.48. The van der Waals surface area contributed by atoms with E-state index in [9.17, 15) is 0 Å². The second kappa shape index (κ2) is 4.15. The van der Waals surface area contributed by atoms with Crippen LogP contribution in [0.3, 0.4) is 0 Å². The Hall–Kier alpha value is -1.20. The largest absolute Gasteiger partial charge is 0.394 e. The Morgan fingerprint density at radius 3 is 2.77 bits per heavy atom. The van der Waals surface area contributed by atoms with Gasteiger partial charge in [0.25, 0.3) is 0 Å². The Morgan fingerprint density at radius 1 is 1.62 bits per heavy atom. The van der Waals surface area contributed by atoms with Gasteiger partial charge < -0.3 is 25.8 Å². The molecule has 0 saturated carbocycles. The lowest BCUT2D eigenvalue weighted by molar-refractivity contribution is 0.105. The van der Waals surface area contributed by atoms with Crippen molar-refractivity contribution in [3.05, 3.63) is 12.1 Å². The van der Waals surface area contributed by atoms with Gasteiger partial charge in [0.1, 0.15) is 11.6 Å². The number of aliphatic hydroxyl groups is 2. The summed E-state index contributed by atoms with van der Waals surface area (Å²) >= 11 is 0. The zero-order chi connectivity index (χ0) is 9.84. The van der Waals surface area contributed by atoms with Gasteiger partial charge in [0, 0.05) is 13.6 Å². The van der Waals surface area contributed by atoms with Crippen molar-refractivity contribution in [1.29, 1.82) is 0 Å². The maximum atomic E-state index is 9.06. The van der Waals surface area contributed by atoms with E-state index < -0.39 is 6.10 Å². The molecule has 0 aliphatic rings. The normalized spacial score (nSPS) is 12.8. The summed E-state index contributed by atoms with van der Waals surface area (Å²) in [5, 5.41) is 20.6. The first-order valence-corrected chi connectivity index (χ1v) is 4.09. The maximum Gasteiger partial charge on any atom is 0.107 e. The highest BCUT2D eigenvalue weighted by Gasteiger charge is 2.04. The minimum Gasteiger partial charge on any atom is -0.394 e. The van der Waals surface area contributed by atoms with Crippen LogP contribution in [0.25, 0.3) is 0 Å². The SMILES string of the molecule is Cn1c(N)ccc1NCC(O)CO. The summed E-state index contributed by atoms with van der Waals surface area (Å²) in [6.07, 6.45) is -0.740. The molecule has 1 aromatic heterocycles. The molecule has 0 spiro atoms. The second-order valence-electron chi connectivity index (χ2n) is 2.92. The second-order valence-corrected chi connectivity index (χ2v) is 2.92. The molecule has 5 N–H and O–H groups in total. The van der Waals surface area contributed by atoms with Gasteiger partial charge in [-0.25, -0.2) is 0 Å². The number of aromatic nitrogens is 1. The number of nitrogens with zero attached hydrogens (tertiary/aromatic N) is 1. The molecule has 0 radical (unpaired) electrons. The van der Waals surface area contributed by atoms with Gasteiger partial charge in [-0.05, 0) is 12.1 Å². The van der Waals surface area contributed by atoms with Gasteiger partial charge >= 0.3 is 0 Å². The van der Waals surface area contributed by atoms with E-state index in [-0.39, 0.29) is 6.61 Å². The Morgan fingerprint density at radius 2 is 2.31 bits per heavy atom. The fraction of sp³-hybridized carbons (Fsp3) is 0.500. The molecular weight excluding hydrogens is 170 g/mol. The van der Waals surface area contributed by atoms with Crippen molar-refractivity contribution in [1.82, 2.24) is 4.57 Å². The van der Waals surface area contributed by atoms with Crippen LogP contribution in [0.15, 0.2) is 12.1 Å². The van der Waals surface area contributed by atoms with Crippen LogP contribution < -0.4 is 11.1 Å². The van der Waals surface area contributed by atoms with E-state index in [1.54, 1.807) is 10.6 Å². The molecule has 5 nitrogen and oxygen atoms in total. The molecule has 1 atom stereocenters. The number of rotatable bonds is 4. The third-order valence-electron chi connectivity index (χ3n) is 1.89. The van der Waals surface area contributed by atoms with Gasteiger partial charge in [0.15, 0.2) is 0 Å². The van der Waals surface area contributed by atoms with Crippen molar-refractivity contribution in [2.24, 2.45) is 7.05 Å². The summed E-state index contributed by atoms with van der Waals surface area (Å²) in [7, 11) is 1.82. The Balaban J connectivity index is 2.50. The standard InChI is InChI=1S/C8H15N3O2/c1-11-7(9)2-3-8(11)10-4-6(13)5-12/h2-3,6,10,12-13H,4-5,9H2,1H3. The highest BCUT2D eigenvalue weighted by Crippen LogP contribution is 2.13. The molecule has 0 bridgehead atoms. The van der Waals surface area contributed by atoms with Crippen LogP contribution in [0.2, 0.25) is 0 Å². The first kappa shape index (κ1) is 9.88. The Labute approximate surface area is 76.8 Å². The third kappa shape index (κ3) is 2.37. The highest BCUT2D eigenvalue weighted by atomic mass is 16.3. The van der Waals surface area contributed by atoms with Crippen molar-refractivity contribution in [2.75, 3.05) is 24.2 Å². The number of nitrogen functional groups attached to an aromatic ring is 1. The molecule has 74 valence electrons. The number of nitrogens with one attached hydrogen (secondary N) is 1. The van der Waals surface area contributed by atoms with Crippen molar-refractivity contribution >= 4 is 11.6 Å². The smallest absolute Gasteiger partial charge is 0.107 e. The van der Waals surface area contributed by atoms with E-state index in [0.717, 1.165) is 5.82 Å². The van der Waals surface area contributed by atoms with E-state index in [1.165, 1.54) is 0 Å². The summed E-state index contributed by atoms with van der Waals surface area (Å²) in [6, 6.07) is 3.59. The molecule has 1 aromatic rings. The fourth-order valence-corrected chi connectivity index (χ4v) is 0.991. The fourth-order valence-electron chi connectivity index (χ4n) is 0.991. The average Bonchev–Trinajstić information content (AvgIpc) is 2.44. The molecule has 1 rings (SSSR count). The van der Waals surface area contributed by atoms with Crippen molar-refractivity contribution in [3.8, 4) is 0 Å². The summed E-state index contributed by atoms with van der Waals surface area (Å²) < 4.78 is 1.77. The molecule has 0 amide bonds. The molecule has 0 fully saturated rings. The maximum absolute atomic E-state index is 9.06. The lowest BCUT2D eigenvalue weighted by Gasteiger charge is -2.11. The molecule has 5 heteroatoms. The average molecular weight is 185 g/mol. The quantitative estimate of drug-likeness (QED) is 0.503. The van der Waals surface area contributed by atoms with Crippen LogP contribution in [0, 0.1) is 0 Å². The Bertz CT molecular complexity index is 272. The van der Waals surface area contributed by atoms with Gasteiger partial charge in [0.2, 0.25) is 0 Å². The van der Waals surface area contributed by atoms with Crippen molar-refractivity contribution < 1.29 is 10.2 Å². The van der Waals surface area contributed by atoms with Crippen LogP contribution >= 0.6 is 0 Å². The van der Waals surface area contributed by atoms with E-state index in [2.05, 4.69) is 5.32 Å². The molecular formula is C8H15N3O2. The number of hydrogen-bond donors (Lipinski definition) is 4. The van der Waals surface area contributed by atoms with Gasteiger partial charge in [-0.3, -0.25) is 0 Å². The first-order valence-electron chi connectivity index (χ1n) is 4.09. The lowest BCUT2D eigenvalue weighted by atomic mass is 10.4. The minimum atomic E-state index is -0.740. The highest BCUT2D eigenvalue weighted by molar-refractivity contribution is 5.48. The summed E-state index contributed by atoms with van der Waals surface area (Å²) in [5.41, 5.74) is 5.59. The summed E-state index contributed by atoms with van der Waals surface area (Å²) in [6.45, 7) is 0.0701. The third-order valence-corrected chi connectivity index (χ3v) is 1.89. The van der Waals surface area contributed by atoms with E-state index in [1.807, 2.05) is 13.1 Å². The first-order chi connectivity index (χ1) is 6.15. The predicted molar refractivity (Wildman–Crippen MR) is 51.4 cm³/mol. The number of nitrogens with two attached hydrogens (primary N) is 1. The predicted octanol–water partition coefficient (Wildman–Crippen LogP) is -0.628. The molecule has 0 saturated heterocycles. The van der Waals surface area contributed by atoms with E-state index in [0.29, 0.717) is 12.4 Å². The van der Waals surface area contributed by atoms with Crippen LogP contribution in [-0.2, 0) is 7.05 Å². The van der Waals surface area contributed by atoms with Gasteiger partial charge in [0.05, 0.1) is 12.7 Å². The van der Waals surface area contributed by atoms with Gasteiger partial charge in [-0.1, -0.05) is 0 Å². The van der Waals surface area contributed by atoms with E-state index >= 15 is 0 Å².